The molecule has 0 N–H and O–H groups in total. The number of fused-ring (bicyclic) bond motifs is 1. The fourth-order valence-corrected chi connectivity index (χ4v) is 1.97. The average Bonchev–Trinajstić information content (AvgIpc) is 2.53. The molecule has 2 aliphatic rings. The summed E-state index contributed by atoms with van der Waals surface area (Å²) >= 11 is 5.48. The first-order valence-electron chi connectivity index (χ1n) is 5.22. The number of carbonyl (C=O) groups excluding carboxylic acids is 1. The summed E-state index contributed by atoms with van der Waals surface area (Å²) in [5, 5.41) is 0. The molecule has 2 saturated heterocycles. The predicted molar refractivity (Wildman–Crippen MR) is 55.2 cm³/mol. The Morgan fingerprint density at radius 3 is 2.94 bits per heavy atom. The van der Waals surface area contributed by atoms with Gasteiger partial charge in [0.2, 0.25) is 12.1 Å². The van der Waals surface area contributed by atoms with E-state index in [9.17, 15) is 4.79 Å². The number of rotatable bonds is 3. The third-order valence-electron chi connectivity index (χ3n) is 2.45. The smallest absolute Gasteiger partial charge is 0.220 e. The molecule has 2 rings (SSSR count). The molecule has 0 amide bonds. The molecule has 0 unspecified atom stereocenters. The highest BCUT2D eigenvalue weighted by Crippen LogP contribution is 2.32. The van der Waals surface area contributed by atoms with Crippen LogP contribution in [-0.4, -0.2) is 49.2 Å². The van der Waals surface area contributed by atoms with Gasteiger partial charge in [0, 0.05) is 5.88 Å². The number of hydrogen-bond acceptors (Lipinski definition) is 5. The van der Waals surface area contributed by atoms with E-state index in [1.165, 1.54) is 0 Å². The van der Waals surface area contributed by atoms with Gasteiger partial charge in [0.15, 0.2) is 11.9 Å². The average molecular weight is 251 g/mol. The first-order chi connectivity index (χ1) is 7.53. The molecule has 0 spiro atoms. The lowest BCUT2D eigenvalue weighted by atomic mass is 10.1. The van der Waals surface area contributed by atoms with Crippen molar-refractivity contribution in [3.63, 3.8) is 0 Å². The van der Waals surface area contributed by atoms with Gasteiger partial charge >= 0.3 is 0 Å². The van der Waals surface area contributed by atoms with Crippen molar-refractivity contribution in [3.05, 3.63) is 0 Å². The Morgan fingerprint density at radius 2 is 2.25 bits per heavy atom. The Balaban J connectivity index is 1.99. The van der Waals surface area contributed by atoms with E-state index in [0.29, 0.717) is 12.5 Å². The highest BCUT2D eigenvalue weighted by molar-refractivity contribution is 6.18. The summed E-state index contributed by atoms with van der Waals surface area (Å²) in [6.45, 7) is 4.12. The molecule has 0 aromatic rings. The van der Waals surface area contributed by atoms with E-state index in [1.807, 2.05) is 0 Å². The number of halogens is 1. The van der Waals surface area contributed by atoms with Crippen molar-refractivity contribution < 1.29 is 23.7 Å². The molecule has 2 heterocycles. The normalized spacial score (nSPS) is 37.4. The van der Waals surface area contributed by atoms with E-state index in [1.54, 1.807) is 13.8 Å². The second-order valence-corrected chi connectivity index (χ2v) is 4.60. The third kappa shape index (κ3) is 2.38. The zero-order chi connectivity index (χ0) is 11.8. The number of alkyl halides is 1. The summed E-state index contributed by atoms with van der Waals surface area (Å²) in [6.07, 6.45) is -1.81. The highest BCUT2D eigenvalue weighted by atomic mass is 35.5. The van der Waals surface area contributed by atoms with Gasteiger partial charge in [-0.15, -0.1) is 11.6 Å². The van der Waals surface area contributed by atoms with Crippen LogP contribution < -0.4 is 0 Å². The van der Waals surface area contributed by atoms with Crippen LogP contribution in [-0.2, 0) is 23.7 Å². The van der Waals surface area contributed by atoms with Crippen molar-refractivity contribution in [1.82, 2.24) is 0 Å². The molecule has 0 aromatic carbocycles. The quantitative estimate of drug-likeness (QED) is 0.690. The van der Waals surface area contributed by atoms with Crippen LogP contribution in [0.25, 0.3) is 0 Å². The lowest BCUT2D eigenvalue weighted by Crippen LogP contribution is -2.49. The van der Waals surface area contributed by atoms with Crippen LogP contribution in [0, 0.1) is 0 Å². The van der Waals surface area contributed by atoms with Gasteiger partial charge in [-0.1, -0.05) is 0 Å². The van der Waals surface area contributed by atoms with Crippen molar-refractivity contribution >= 4 is 17.4 Å². The zero-order valence-electron chi connectivity index (χ0n) is 9.27. The molecule has 16 heavy (non-hydrogen) atoms. The van der Waals surface area contributed by atoms with Crippen LogP contribution in [0.15, 0.2) is 0 Å². The van der Waals surface area contributed by atoms with Crippen LogP contribution in [0.1, 0.15) is 13.8 Å². The van der Waals surface area contributed by atoms with Gasteiger partial charge < -0.3 is 18.9 Å². The molecule has 0 saturated carbocycles. The molecule has 2 fully saturated rings. The monoisotopic (exact) mass is 250 g/mol. The molecule has 0 aliphatic carbocycles. The SMILES string of the molecule is CC1(C)O[C@@H]2CO[C@@H](OCCCl)C(=O)[C@@H]2O1. The predicted octanol–water partition coefficient (Wildman–Crippen LogP) is 0.687. The van der Waals surface area contributed by atoms with Gasteiger partial charge in [0.1, 0.15) is 6.10 Å². The van der Waals surface area contributed by atoms with Gasteiger partial charge in [-0.2, -0.15) is 0 Å². The molecular weight excluding hydrogens is 236 g/mol. The second-order valence-electron chi connectivity index (χ2n) is 4.22. The van der Waals surface area contributed by atoms with Crippen molar-refractivity contribution in [1.29, 1.82) is 0 Å². The van der Waals surface area contributed by atoms with Crippen LogP contribution in [0.5, 0.6) is 0 Å². The van der Waals surface area contributed by atoms with E-state index >= 15 is 0 Å². The number of carbonyl (C=O) groups is 1. The maximum Gasteiger partial charge on any atom is 0.220 e. The number of hydrogen-bond donors (Lipinski definition) is 0. The Hall–Kier alpha value is -0.200. The number of ketones is 1. The van der Waals surface area contributed by atoms with E-state index in [-0.39, 0.29) is 18.5 Å². The van der Waals surface area contributed by atoms with Gasteiger partial charge in [0.05, 0.1) is 13.2 Å². The molecule has 92 valence electrons. The van der Waals surface area contributed by atoms with E-state index in [0.717, 1.165) is 0 Å². The molecule has 0 aromatic heterocycles. The molecule has 0 radical (unpaired) electrons. The van der Waals surface area contributed by atoms with Crippen LogP contribution in [0.2, 0.25) is 0 Å². The summed E-state index contributed by atoms with van der Waals surface area (Å²) in [7, 11) is 0. The summed E-state index contributed by atoms with van der Waals surface area (Å²) < 4.78 is 21.5. The number of ether oxygens (including phenoxy) is 4. The highest BCUT2D eigenvalue weighted by Gasteiger charge is 2.50. The Kier molecular flexibility index (Phi) is 3.51. The Labute approximate surface area is 98.9 Å². The summed E-state index contributed by atoms with van der Waals surface area (Å²) in [4.78, 5) is 11.9. The largest absolute Gasteiger partial charge is 0.345 e. The van der Waals surface area contributed by atoms with Gasteiger partial charge in [-0.3, -0.25) is 4.79 Å². The van der Waals surface area contributed by atoms with Gasteiger partial charge in [-0.05, 0) is 13.8 Å². The van der Waals surface area contributed by atoms with Crippen molar-refractivity contribution in [2.24, 2.45) is 0 Å². The maximum atomic E-state index is 11.9. The van der Waals surface area contributed by atoms with Gasteiger partial charge in [-0.25, -0.2) is 0 Å². The fourth-order valence-electron chi connectivity index (χ4n) is 1.88. The zero-order valence-corrected chi connectivity index (χ0v) is 10.0. The second kappa shape index (κ2) is 4.58. The topological polar surface area (TPSA) is 54.0 Å². The standard InChI is InChI=1S/C10H15ClO5/c1-10(2)15-6-5-14-9(13-4-3-11)7(12)8(6)16-10/h6,8-9H,3-5H2,1-2H3/t6-,8-,9-/m1/s1. The van der Waals surface area contributed by atoms with E-state index in [4.69, 9.17) is 30.5 Å². The van der Waals surface area contributed by atoms with E-state index < -0.39 is 18.2 Å². The summed E-state index contributed by atoms with van der Waals surface area (Å²) in [5.41, 5.74) is 0. The molecular formula is C10H15ClO5. The van der Waals surface area contributed by atoms with Crippen LogP contribution >= 0.6 is 11.6 Å². The fraction of sp³-hybridized carbons (Fsp3) is 0.900. The lowest BCUT2D eigenvalue weighted by molar-refractivity contribution is -0.196. The van der Waals surface area contributed by atoms with Crippen molar-refractivity contribution in [2.75, 3.05) is 19.1 Å². The van der Waals surface area contributed by atoms with Crippen molar-refractivity contribution in [2.45, 2.75) is 38.1 Å². The Bertz CT molecular complexity index is 280. The van der Waals surface area contributed by atoms with Gasteiger partial charge in [0.25, 0.3) is 0 Å². The van der Waals surface area contributed by atoms with Crippen LogP contribution in [0.3, 0.4) is 0 Å². The Morgan fingerprint density at radius 1 is 1.50 bits per heavy atom. The lowest BCUT2D eigenvalue weighted by Gasteiger charge is -2.27. The minimum atomic E-state index is -0.877. The van der Waals surface area contributed by atoms with Crippen molar-refractivity contribution in [3.8, 4) is 0 Å². The molecule has 3 atom stereocenters. The summed E-state index contributed by atoms with van der Waals surface area (Å²) in [6, 6.07) is 0. The third-order valence-corrected chi connectivity index (χ3v) is 2.61. The minimum Gasteiger partial charge on any atom is -0.345 e. The van der Waals surface area contributed by atoms with Crippen LogP contribution in [0.4, 0.5) is 0 Å². The molecule has 5 nitrogen and oxygen atoms in total. The van der Waals surface area contributed by atoms with E-state index in [2.05, 4.69) is 0 Å². The summed E-state index contributed by atoms with van der Waals surface area (Å²) in [5.74, 6) is -0.647. The molecule has 2 aliphatic heterocycles. The minimum absolute atomic E-state index is 0.230. The number of Topliss-reactive ketones (excluding diaryl/α,β-unsaturated/α-hetero) is 1. The molecule has 0 bridgehead atoms. The first-order valence-corrected chi connectivity index (χ1v) is 5.75. The first kappa shape index (κ1) is 12.3. The molecule has 6 heteroatoms. The maximum absolute atomic E-state index is 11.9.